The summed E-state index contributed by atoms with van der Waals surface area (Å²) < 4.78 is 10.6. The number of methoxy groups -OCH3 is 1. The number of rotatable bonds is 14. The van der Waals surface area contributed by atoms with Gasteiger partial charge in [-0.05, 0) is 48.0 Å². The predicted octanol–water partition coefficient (Wildman–Crippen LogP) is 4.65. The Morgan fingerprint density at radius 3 is 2.44 bits per heavy atom. The molecule has 41 heavy (non-hydrogen) atoms. The fraction of sp³-hybridized carbons (Fsp3) is 0.312. The van der Waals surface area contributed by atoms with Crippen molar-refractivity contribution in [3.63, 3.8) is 0 Å². The van der Waals surface area contributed by atoms with E-state index in [1.807, 2.05) is 72.6 Å². The molecule has 0 aliphatic heterocycles. The Kier molecular flexibility index (Phi) is 11.1. The zero-order valence-electron chi connectivity index (χ0n) is 23.4. The molecule has 8 nitrogen and oxygen atoms in total. The highest BCUT2D eigenvalue weighted by Gasteiger charge is 2.21. The topological polar surface area (TPSA) is 95.1 Å². The molecular formula is C32H36ClN3O5. The molecule has 1 heterocycles. The van der Waals surface area contributed by atoms with E-state index in [1.165, 1.54) is 6.20 Å². The number of hydrogen-bond acceptors (Lipinski definition) is 6. The lowest BCUT2D eigenvalue weighted by molar-refractivity contribution is 0.0476. The first-order chi connectivity index (χ1) is 19.9. The number of ether oxygens (including phenoxy) is 2. The van der Waals surface area contributed by atoms with Gasteiger partial charge in [-0.15, -0.1) is 0 Å². The van der Waals surface area contributed by atoms with Crippen LogP contribution in [0.25, 0.3) is 10.9 Å². The van der Waals surface area contributed by atoms with Gasteiger partial charge in [-0.1, -0.05) is 60.1 Å². The molecular weight excluding hydrogens is 542 g/mol. The Balaban J connectivity index is 1.52. The van der Waals surface area contributed by atoms with E-state index < -0.39 is 6.10 Å². The van der Waals surface area contributed by atoms with Crippen molar-refractivity contribution < 1.29 is 19.4 Å². The first-order valence-electron chi connectivity index (χ1n) is 13.5. The van der Waals surface area contributed by atoms with Crippen LogP contribution in [0.15, 0.2) is 83.8 Å². The van der Waals surface area contributed by atoms with Gasteiger partial charge in [0.25, 0.3) is 5.91 Å². The van der Waals surface area contributed by atoms with Crippen molar-refractivity contribution in [2.45, 2.75) is 19.2 Å². The quantitative estimate of drug-likeness (QED) is 0.212. The maximum absolute atomic E-state index is 13.7. The molecule has 0 saturated carbocycles. The average Bonchev–Trinajstić information content (AvgIpc) is 2.98. The molecule has 1 amide bonds. The molecule has 0 aliphatic rings. The zero-order chi connectivity index (χ0) is 29.2. The zero-order valence-corrected chi connectivity index (χ0v) is 24.1. The number of aliphatic hydroxyl groups excluding tert-OH is 1. The third-order valence-corrected chi connectivity index (χ3v) is 7.06. The van der Waals surface area contributed by atoms with Gasteiger partial charge in [0.2, 0.25) is 5.43 Å². The Morgan fingerprint density at radius 1 is 0.976 bits per heavy atom. The summed E-state index contributed by atoms with van der Waals surface area (Å²) in [5.41, 5.74) is 3.02. The molecule has 2 N–H and O–H groups in total. The molecule has 4 rings (SSSR count). The second-order valence-electron chi connectivity index (χ2n) is 9.99. The number of nitrogens with one attached hydrogen (secondary N) is 1. The smallest absolute Gasteiger partial charge is 0.259 e. The van der Waals surface area contributed by atoms with E-state index in [2.05, 4.69) is 4.98 Å². The van der Waals surface area contributed by atoms with Crippen molar-refractivity contribution in [2.24, 2.45) is 0 Å². The highest BCUT2D eigenvalue weighted by molar-refractivity contribution is 6.30. The fourth-order valence-corrected chi connectivity index (χ4v) is 4.75. The number of likely N-dealkylation sites (N-methyl/N-ethyl adjacent to an activating group) is 1. The summed E-state index contributed by atoms with van der Waals surface area (Å²) in [6.07, 6.45) is 0.856. The van der Waals surface area contributed by atoms with Crippen LogP contribution in [0.2, 0.25) is 5.02 Å². The largest absolute Gasteiger partial charge is 0.387 e. The summed E-state index contributed by atoms with van der Waals surface area (Å²) >= 11 is 6.04. The predicted molar refractivity (Wildman–Crippen MR) is 161 cm³/mol. The number of halogens is 1. The lowest BCUT2D eigenvalue weighted by Gasteiger charge is -2.23. The highest BCUT2D eigenvalue weighted by atomic mass is 35.5. The summed E-state index contributed by atoms with van der Waals surface area (Å²) in [6.45, 7) is 2.74. The van der Waals surface area contributed by atoms with Crippen molar-refractivity contribution >= 4 is 28.4 Å². The molecule has 0 spiro atoms. The molecule has 0 radical (unpaired) electrons. The highest BCUT2D eigenvalue weighted by Crippen LogP contribution is 2.18. The molecule has 0 fully saturated rings. The van der Waals surface area contributed by atoms with Gasteiger partial charge in [0.05, 0.1) is 25.9 Å². The standard InChI is InChI=1S/C32H36ClN3O5/c1-35(22-30(37)25-6-4-3-5-7-25)20-24-10-13-29-27(18-24)31(38)28(19-34-29)32(39)36(14-15-41-17-16-40-2)21-23-8-11-26(33)12-9-23/h3-13,18-19,30,37H,14-17,20-22H2,1-2H3,(H,34,38). The molecule has 1 atom stereocenters. The maximum Gasteiger partial charge on any atom is 0.259 e. The van der Waals surface area contributed by atoms with E-state index in [4.69, 9.17) is 21.1 Å². The molecule has 9 heteroatoms. The molecule has 0 aliphatic carbocycles. The van der Waals surface area contributed by atoms with Crippen LogP contribution in [-0.4, -0.2) is 72.9 Å². The van der Waals surface area contributed by atoms with Crippen molar-refractivity contribution in [2.75, 3.05) is 47.1 Å². The number of benzene rings is 3. The average molecular weight is 578 g/mol. The van der Waals surface area contributed by atoms with Crippen LogP contribution in [0.5, 0.6) is 0 Å². The number of aromatic amines is 1. The second kappa shape index (κ2) is 14.9. The van der Waals surface area contributed by atoms with Gasteiger partial charge in [0, 0.05) is 55.4 Å². The van der Waals surface area contributed by atoms with Crippen molar-refractivity contribution in [1.29, 1.82) is 0 Å². The van der Waals surface area contributed by atoms with E-state index in [0.717, 1.165) is 16.7 Å². The molecule has 4 aromatic rings. The first kappa shape index (κ1) is 30.4. The number of aromatic nitrogens is 1. The van der Waals surface area contributed by atoms with Crippen LogP contribution < -0.4 is 5.43 Å². The van der Waals surface area contributed by atoms with Gasteiger partial charge in [0.1, 0.15) is 5.56 Å². The van der Waals surface area contributed by atoms with Crippen LogP contribution in [0, 0.1) is 0 Å². The minimum Gasteiger partial charge on any atom is -0.387 e. The molecule has 0 bridgehead atoms. The third-order valence-electron chi connectivity index (χ3n) is 6.81. The third kappa shape index (κ3) is 8.48. The van der Waals surface area contributed by atoms with E-state index in [-0.39, 0.29) is 16.9 Å². The second-order valence-corrected chi connectivity index (χ2v) is 10.4. The Labute approximate surface area is 245 Å². The molecule has 0 saturated heterocycles. The monoisotopic (exact) mass is 577 g/mol. The van der Waals surface area contributed by atoms with Crippen LogP contribution in [0.3, 0.4) is 0 Å². The van der Waals surface area contributed by atoms with Crippen molar-refractivity contribution in [3.8, 4) is 0 Å². The van der Waals surface area contributed by atoms with Gasteiger partial charge in [-0.3, -0.25) is 14.5 Å². The van der Waals surface area contributed by atoms with E-state index in [0.29, 0.717) is 61.9 Å². The van der Waals surface area contributed by atoms with Crippen LogP contribution in [-0.2, 0) is 22.6 Å². The fourth-order valence-electron chi connectivity index (χ4n) is 4.63. The Morgan fingerprint density at radius 2 is 1.71 bits per heavy atom. The molecule has 1 aromatic heterocycles. The summed E-state index contributed by atoms with van der Waals surface area (Å²) in [5.74, 6) is -0.382. The van der Waals surface area contributed by atoms with Crippen LogP contribution >= 0.6 is 11.6 Å². The lowest BCUT2D eigenvalue weighted by Crippen LogP contribution is -2.36. The van der Waals surface area contributed by atoms with E-state index in [9.17, 15) is 14.7 Å². The number of carbonyl (C=O) groups is 1. The van der Waals surface area contributed by atoms with Gasteiger partial charge >= 0.3 is 0 Å². The summed E-state index contributed by atoms with van der Waals surface area (Å²) in [7, 11) is 3.52. The minimum atomic E-state index is -0.626. The van der Waals surface area contributed by atoms with Crippen LogP contribution in [0.1, 0.15) is 33.2 Å². The van der Waals surface area contributed by atoms with Crippen molar-refractivity contribution in [1.82, 2.24) is 14.8 Å². The summed E-state index contributed by atoms with van der Waals surface area (Å²) in [6, 6.07) is 22.4. The number of hydrogen-bond donors (Lipinski definition) is 2. The number of fused-ring (bicyclic) bond motifs is 1. The van der Waals surface area contributed by atoms with Gasteiger partial charge in [-0.2, -0.15) is 0 Å². The lowest BCUT2D eigenvalue weighted by atomic mass is 10.1. The number of pyridine rings is 1. The van der Waals surface area contributed by atoms with Crippen LogP contribution in [0.4, 0.5) is 0 Å². The Bertz CT molecular complexity index is 1480. The van der Waals surface area contributed by atoms with Gasteiger partial charge < -0.3 is 24.5 Å². The molecule has 216 valence electrons. The number of H-pyrrole nitrogens is 1. The number of aliphatic hydroxyl groups is 1. The maximum atomic E-state index is 13.7. The van der Waals surface area contributed by atoms with Crippen molar-refractivity contribution in [3.05, 3.63) is 116 Å². The summed E-state index contributed by atoms with van der Waals surface area (Å²) in [5, 5.41) is 11.6. The number of nitrogens with zero attached hydrogens (tertiary/aromatic N) is 2. The van der Waals surface area contributed by atoms with E-state index in [1.54, 1.807) is 24.1 Å². The molecule has 3 aromatic carbocycles. The van der Waals surface area contributed by atoms with Gasteiger partial charge in [-0.25, -0.2) is 0 Å². The van der Waals surface area contributed by atoms with E-state index >= 15 is 0 Å². The normalized spacial score (nSPS) is 12.1. The number of amides is 1. The molecule has 1 unspecified atom stereocenters. The number of carbonyl (C=O) groups excluding carboxylic acids is 1. The summed E-state index contributed by atoms with van der Waals surface area (Å²) in [4.78, 5) is 34.0. The minimum absolute atomic E-state index is 0.0633. The first-order valence-corrected chi connectivity index (χ1v) is 13.9. The SMILES string of the molecule is COCCOCCN(Cc1ccc(Cl)cc1)C(=O)c1c[nH]c2ccc(CN(C)CC(O)c3ccccc3)cc2c1=O. The van der Waals surface area contributed by atoms with Gasteiger partial charge in [0.15, 0.2) is 0 Å². The Hall–Kier alpha value is -3.53.